The van der Waals surface area contributed by atoms with Crippen molar-refractivity contribution in [1.82, 2.24) is 0 Å². The van der Waals surface area contributed by atoms with Gasteiger partial charge in [-0.25, -0.2) is 0 Å². The van der Waals surface area contributed by atoms with Gasteiger partial charge in [0, 0.05) is 5.56 Å². The van der Waals surface area contributed by atoms with E-state index in [2.05, 4.69) is 0 Å². The molecule has 2 aromatic rings. The van der Waals surface area contributed by atoms with E-state index in [0.717, 1.165) is 16.7 Å². The Kier molecular flexibility index (Phi) is 3.51. The summed E-state index contributed by atoms with van der Waals surface area (Å²) in [5, 5.41) is 0. The number of ketones is 1. The largest absolute Gasteiger partial charge is 0.294 e. The average molecular weight is 222 g/mol. The van der Waals surface area contributed by atoms with E-state index in [1.807, 2.05) is 66.7 Å². The summed E-state index contributed by atoms with van der Waals surface area (Å²) >= 11 is 0. The van der Waals surface area contributed by atoms with Crippen molar-refractivity contribution < 1.29 is 4.79 Å². The molecule has 0 aromatic heterocycles. The Morgan fingerprint density at radius 2 is 1.53 bits per heavy atom. The maximum absolute atomic E-state index is 11.4. The van der Waals surface area contributed by atoms with Gasteiger partial charge in [0.15, 0.2) is 5.78 Å². The zero-order valence-electron chi connectivity index (χ0n) is 9.76. The van der Waals surface area contributed by atoms with Crippen molar-refractivity contribution in [3.63, 3.8) is 0 Å². The quantitative estimate of drug-likeness (QED) is 0.565. The van der Waals surface area contributed by atoms with Gasteiger partial charge in [0.25, 0.3) is 0 Å². The van der Waals surface area contributed by atoms with Gasteiger partial charge in [-0.3, -0.25) is 4.79 Å². The first kappa shape index (κ1) is 11.3. The fourth-order valence-corrected chi connectivity index (χ4v) is 1.71. The molecule has 0 atom stereocenters. The molecule has 0 radical (unpaired) electrons. The zero-order valence-corrected chi connectivity index (χ0v) is 9.76. The predicted molar refractivity (Wildman–Crippen MR) is 71.8 cm³/mol. The molecule has 2 aromatic carbocycles. The second kappa shape index (κ2) is 5.26. The number of carbonyl (C=O) groups excluding carboxylic acids is 1. The number of Topliss-reactive ketones (excluding diaryl/α,β-unsaturated/α-hetero) is 1. The Labute approximate surface area is 101 Å². The van der Waals surface area contributed by atoms with Gasteiger partial charge < -0.3 is 0 Å². The first-order valence-electron chi connectivity index (χ1n) is 5.60. The lowest BCUT2D eigenvalue weighted by molar-refractivity contribution is 0.101. The maximum atomic E-state index is 11.4. The molecule has 0 aliphatic heterocycles. The van der Waals surface area contributed by atoms with E-state index in [1.165, 1.54) is 0 Å². The summed E-state index contributed by atoms with van der Waals surface area (Å²) in [4.78, 5) is 11.4. The lowest BCUT2D eigenvalue weighted by atomic mass is 10.0. The van der Waals surface area contributed by atoms with Gasteiger partial charge in [-0.05, 0) is 18.1 Å². The Morgan fingerprint density at radius 3 is 2.24 bits per heavy atom. The molecule has 0 aliphatic rings. The summed E-state index contributed by atoms with van der Waals surface area (Å²) in [5.41, 5.74) is 2.86. The fourth-order valence-electron chi connectivity index (χ4n) is 1.71. The van der Waals surface area contributed by atoms with Crippen LogP contribution in [0.5, 0.6) is 0 Å². The monoisotopic (exact) mass is 222 g/mol. The number of hydrogen-bond donors (Lipinski definition) is 0. The van der Waals surface area contributed by atoms with Crippen molar-refractivity contribution in [2.75, 3.05) is 0 Å². The first-order valence-corrected chi connectivity index (χ1v) is 5.60. The van der Waals surface area contributed by atoms with Crippen LogP contribution in [0.4, 0.5) is 0 Å². The highest BCUT2D eigenvalue weighted by Gasteiger charge is 2.02. The maximum Gasteiger partial charge on any atom is 0.160 e. The Balaban J connectivity index is 2.30. The van der Waals surface area contributed by atoms with Gasteiger partial charge in [0.1, 0.15) is 0 Å². The molecule has 1 nitrogen and oxygen atoms in total. The van der Waals surface area contributed by atoms with Crippen molar-refractivity contribution in [2.45, 2.75) is 6.92 Å². The highest BCUT2D eigenvalue weighted by Crippen LogP contribution is 2.13. The van der Waals surface area contributed by atoms with Gasteiger partial charge >= 0.3 is 0 Å². The Morgan fingerprint density at radius 1 is 0.882 bits per heavy atom. The molecule has 0 bridgehead atoms. The van der Waals surface area contributed by atoms with E-state index in [-0.39, 0.29) is 5.78 Å². The van der Waals surface area contributed by atoms with Crippen molar-refractivity contribution in [2.24, 2.45) is 0 Å². The van der Waals surface area contributed by atoms with Crippen LogP contribution < -0.4 is 0 Å². The molecule has 17 heavy (non-hydrogen) atoms. The van der Waals surface area contributed by atoms with E-state index in [0.29, 0.717) is 0 Å². The SMILES string of the molecule is CC(=O)c1ccccc1/C=C\c1ccccc1. The zero-order chi connectivity index (χ0) is 12.1. The minimum Gasteiger partial charge on any atom is -0.294 e. The Hall–Kier alpha value is -2.15. The highest BCUT2D eigenvalue weighted by molar-refractivity contribution is 5.98. The third kappa shape index (κ3) is 2.91. The molecule has 0 amide bonds. The van der Waals surface area contributed by atoms with Crippen molar-refractivity contribution in [1.29, 1.82) is 0 Å². The summed E-state index contributed by atoms with van der Waals surface area (Å²) in [6.07, 6.45) is 3.99. The molecular formula is C16H14O. The second-order valence-electron chi connectivity index (χ2n) is 3.89. The van der Waals surface area contributed by atoms with Crippen LogP contribution in [0.15, 0.2) is 54.6 Å². The van der Waals surface area contributed by atoms with E-state index in [1.54, 1.807) is 6.92 Å². The standard InChI is InChI=1S/C16H14O/c1-13(17)16-10-6-5-9-15(16)12-11-14-7-3-2-4-8-14/h2-12H,1H3/b12-11-. The van der Waals surface area contributed by atoms with Crippen molar-refractivity contribution in [3.8, 4) is 0 Å². The van der Waals surface area contributed by atoms with E-state index in [9.17, 15) is 4.79 Å². The normalized spacial score (nSPS) is 10.6. The molecule has 0 saturated heterocycles. The molecular weight excluding hydrogens is 208 g/mol. The minimum atomic E-state index is 0.0957. The van der Waals surface area contributed by atoms with Crippen LogP contribution >= 0.6 is 0 Å². The van der Waals surface area contributed by atoms with Crippen LogP contribution in [0.25, 0.3) is 12.2 Å². The molecule has 0 unspecified atom stereocenters. The molecule has 0 aliphatic carbocycles. The molecule has 0 heterocycles. The van der Waals surface area contributed by atoms with Gasteiger partial charge in [-0.15, -0.1) is 0 Å². The van der Waals surface area contributed by atoms with E-state index >= 15 is 0 Å². The van der Waals surface area contributed by atoms with Crippen LogP contribution in [-0.2, 0) is 0 Å². The van der Waals surface area contributed by atoms with Gasteiger partial charge in [0.05, 0.1) is 0 Å². The van der Waals surface area contributed by atoms with Gasteiger partial charge in [-0.1, -0.05) is 66.7 Å². The number of rotatable bonds is 3. The van der Waals surface area contributed by atoms with E-state index in [4.69, 9.17) is 0 Å². The van der Waals surface area contributed by atoms with Crippen molar-refractivity contribution in [3.05, 3.63) is 71.3 Å². The molecule has 0 N–H and O–H groups in total. The summed E-state index contributed by atoms with van der Waals surface area (Å²) in [5.74, 6) is 0.0957. The van der Waals surface area contributed by atoms with E-state index < -0.39 is 0 Å². The summed E-state index contributed by atoms with van der Waals surface area (Å²) < 4.78 is 0. The molecule has 84 valence electrons. The third-order valence-electron chi connectivity index (χ3n) is 2.59. The second-order valence-corrected chi connectivity index (χ2v) is 3.89. The topological polar surface area (TPSA) is 17.1 Å². The van der Waals surface area contributed by atoms with Crippen molar-refractivity contribution >= 4 is 17.9 Å². The van der Waals surface area contributed by atoms with Crippen LogP contribution in [0.1, 0.15) is 28.4 Å². The molecule has 0 spiro atoms. The Bertz CT molecular complexity index is 538. The number of hydrogen-bond acceptors (Lipinski definition) is 1. The molecule has 0 saturated carbocycles. The highest BCUT2D eigenvalue weighted by atomic mass is 16.1. The third-order valence-corrected chi connectivity index (χ3v) is 2.59. The van der Waals surface area contributed by atoms with Crippen LogP contribution in [-0.4, -0.2) is 5.78 Å². The van der Waals surface area contributed by atoms with Crippen LogP contribution in [0.3, 0.4) is 0 Å². The predicted octanol–water partition coefficient (Wildman–Crippen LogP) is 4.06. The molecule has 2 rings (SSSR count). The van der Waals surface area contributed by atoms with Crippen LogP contribution in [0.2, 0.25) is 0 Å². The average Bonchev–Trinajstić information content (AvgIpc) is 2.38. The minimum absolute atomic E-state index is 0.0957. The fraction of sp³-hybridized carbons (Fsp3) is 0.0625. The van der Waals surface area contributed by atoms with Gasteiger partial charge in [0.2, 0.25) is 0 Å². The molecule has 1 heteroatoms. The smallest absolute Gasteiger partial charge is 0.160 e. The lowest BCUT2D eigenvalue weighted by Crippen LogP contribution is -1.94. The van der Waals surface area contributed by atoms with Crippen LogP contribution in [0, 0.1) is 0 Å². The first-order chi connectivity index (χ1) is 8.27. The van der Waals surface area contributed by atoms with Gasteiger partial charge in [-0.2, -0.15) is 0 Å². The summed E-state index contributed by atoms with van der Waals surface area (Å²) in [6.45, 7) is 1.59. The number of carbonyl (C=O) groups is 1. The number of benzene rings is 2. The lowest BCUT2D eigenvalue weighted by Gasteiger charge is -2.01. The molecule has 0 fully saturated rings. The summed E-state index contributed by atoms with van der Waals surface area (Å²) in [7, 11) is 0. The summed E-state index contributed by atoms with van der Waals surface area (Å²) in [6, 6.07) is 17.7.